The summed E-state index contributed by atoms with van der Waals surface area (Å²) < 4.78 is 0. The van der Waals surface area contributed by atoms with Gasteiger partial charge in [0.15, 0.2) is 0 Å². The van der Waals surface area contributed by atoms with E-state index >= 15 is 0 Å². The number of rotatable bonds is 5. The second-order valence-electron chi connectivity index (χ2n) is 4.87. The summed E-state index contributed by atoms with van der Waals surface area (Å²) in [5, 5.41) is 2.74. The highest BCUT2D eigenvalue weighted by Gasteiger charge is 2.24. The number of carbonyl (C=O) groups is 2. The number of amides is 2. The maximum Gasteiger partial charge on any atom is 0.244 e. The first-order valence-electron chi connectivity index (χ1n) is 6.32. The van der Waals surface area contributed by atoms with Crippen LogP contribution in [-0.2, 0) is 9.59 Å². The first-order chi connectivity index (χ1) is 8.04. The molecule has 0 aliphatic carbocycles. The van der Waals surface area contributed by atoms with E-state index in [0.29, 0.717) is 13.0 Å². The van der Waals surface area contributed by atoms with E-state index in [1.54, 1.807) is 6.92 Å². The largest absolute Gasteiger partial charge is 0.345 e. The fraction of sp³-hybridized carbons (Fsp3) is 0.833. The van der Waals surface area contributed by atoms with Crippen LogP contribution >= 0.6 is 0 Å². The third-order valence-corrected chi connectivity index (χ3v) is 3.10. The van der Waals surface area contributed by atoms with E-state index in [0.717, 1.165) is 25.9 Å². The lowest BCUT2D eigenvalue weighted by Gasteiger charge is -2.21. The Kier molecular flexibility index (Phi) is 5.41. The molecular formula is C12H23N3O2. The Hall–Kier alpha value is -1.10. The molecule has 0 bridgehead atoms. The van der Waals surface area contributed by atoms with Crippen LogP contribution in [0.2, 0.25) is 0 Å². The van der Waals surface area contributed by atoms with Gasteiger partial charge in [0.2, 0.25) is 11.8 Å². The van der Waals surface area contributed by atoms with Crippen LogP contribution in [0.1, 0.15) is 33.1 Å². The van der Waals surface area contributed by atoms with Crippen LogP contribution in [-0.4, -0.2) is 42.4 Å². The van der Waals surface area contributed by atoms with E-state index in [2.05, 4.69) is 5.32 Å². The number of hydrogen-bond acceptors (Lipinski definition) is 3. The maximum absolute atomic E-state index is 11.9. The highest BCUT2D eigenvalue weighted by Crippen LogP contribution is 2.09. The molecule has 2 unspecified atom stereocenters. The van der Waals surface area contributed by atoms with Gasteiger partial charge in [-0.1, -0.05) is 6.92 Å². The third kappa shape index (κ3) is 4.34. The zero-order valence-electron chi connectivity index (χ0n) is 10.7. The van der Waals surface area contributed by atoms with Crippen LogP contribution < -0.4 is 11.1 Å². The maximum atomic E-state index is 11.9. The Balaban J connectivity index is 2.34. The molecule has 0 aromatic heterocycles. The summed E-state index contributed by atoms with van der Waals surface area (Å²) in [5.74, 6) is 0.0864. The second-order valence-corrected chi connectivity index (χ2v) is 4.87. The fourth-order valence-corrected chi connectivity index (χ4v) is 1.97. The van der Waals surface area contributed by atoms with E-state index < -0.39 is 6.04 Å². The van der Waals surface area contributed by atoms with Crippen molar-refractivity contribution in [3.8, 4) is 0 Å². The minimum Gasteiger partial charge on any atom is -0.345 e. The van der Waals surface area contributed by atoms with Crippen LogP contribution in [0.5, 0.6) is 0 Å². The topological polar surface area (TPSA) is 75.4 Å². The predicted molar refractivity (Wildman–Crippen MR) is 66.3 cm³/mol. The second kappa shape index (κ2) is 6.59. The van der Waals surface area contributed by atoms with Crippen molar-refractivity contribution in [1.82, 2.24) is 10.2 Å². The molecule has 1 heterocycles. The van der Waals surface area contributed by atoms with Crippen LogP contribution in [0.3, 0.4) is 0 Å². The normalized spacial score (nSPS) is 18.9. The zero-order valence-corrected chi connectivity index (χ0v) is 10.7. The average Bonchev–Trinajstić information content (AvgIpc) is 2.80. The van der Waals surface area contributed by atoms with Crippen molar-refractivity contribution in [2.45, 2.75) is 39.2 Å². The third-order valence-electron chi connectivity index (χ3n) is 3.10. The molecule has 0 spiro atoms. The van der Waals surface area contributed by atoms with Gasteiger partial charge in [-0.15, -0.1) is 0 Å². The highest BCUT2D eigenvalue weighted by molar-refractivity contribution is 5.87. The Morgan fingerprint density at radius 2 is 1.88 bits per heavy atom. The molecule has 5 nitrogen and oxygen atoms in total. The van der Waals surface area contributed by atoms with Gasteiger partial charge < -0.3 is 16.0 Å². The van der Waals surface area contributed by atoms with Crippen molar-refractivity contribution >= 4 is 11.8 Å². The van der Waals surface area contributed by atoms with Crippen LogP contribution in [0.4, 0.5) is 0 Å². The van der Waals surface area contributed by atoms with Crippen molar-refractivity contribution in [1.29, 1.82) is 0 Å². The van der Waals surface area contributed by atoms with E-state index in [1.807, 2.05) is 11.8 Å². The molecule has 5 heteroatoms. The first kappa shape index (κ1) is 14.0. The molecule has 0 radical (unpaired) electrons. The Labute approximate surface area is 103 Å². The molecular weight excluding hydrogens is 218 g/mol. The highest BCUT2D eigenvalue weighted by atomic mass is 16.2. The lowest BCUT2D eigenvalue weighted by molar-refractivity contribution is -0.135. The smallest absolute Gasteiger partial charge is 0.244 e. The van der Waals surface area contributed by atoms with Crippen LogP contribution in [0, 0.1) is 5.92 Å². The lowest BCUT2D eigenvalue weighted by Crippen LogP contribution is -2.46. The summed E-state index contributed by atoms with van der Waals surface area (Å²) in [4.78, 5) is 25.3. The predicted octanol–water partition coefficient (Wildman–Crippen LogP) is 0.0984. The molecule has 0 aromatic rings. The van der Waals surface area contributed by atoms with Gasteiger partial charge in [-0.05, 0) is 32.2 Å². The standard InChI is InChI=1S/C12H23N3O2/c1-9(8-13)7-11(16)14-10(2)12(17)15-5-3-4-6-15/h9-10H,3-8,13H2,1-2H3,(H,14,16). The van der Waals surface area contributed by atoms with Gasteiger partial charge in [0.1, 0.15) is 6.04 Å². The number of nitrogens with two attached hydrogens (primary N) is 1. The average molecular weight is 241 g/mol. The van der Waals surface area contributed by atoms with Gasteiger partial charge in [0.25, 0.3) is 0 Å². The SMILES string of the molecule is CC(CN)CC(=O)NC(C)C(=O)N1CCCC1. The van der Waals surface area contributed by atoms with Crippen molar-refractivity contribution < 1.29 is 9.59 Å². The molecule has 1 aliphatic rings. The summed E-state index contributed by atoms with van der Waals surface area (Å²) in [5.41, 5.74) is 5.46. The van der Waals surface area contributed by atoms with Crippen molar-refractivity contribution in [3.63, 3.8) is 0 Å². The summed E-state index contributed by atoms with van der Waals surface area (Å²) >= 11 is 0. The lowest BCUT2D eigenvalue weighted by atomic mass is 10.1. The Morgan fingerprint density at radius 1 is 1.29 bits per heavy atom. The monoisotopic (exact) mass is 241 g/mol. The molecule has 17 heavy (non-hydrogen) atoms. The van der Waals surface area contributed by atoms with Crippen molar-refractivity contribution in [3.05, 3.63) is 0 Å². The van der Waals surface area contributed by atoms with E-state index in [-0.39, 0.29) is 17.7 Å². The Morgan fingerprint density at radius 3 is 2.41 bits per heavy atom. The van der Waals surface area contributed by atoms with Gasteiger partial charge in [0, 0.05) is 19.5 Å². The summed E-state index contributed by atoms with van der Waals surface area (Å²) in [6, 6.07) is -0.425. The summed E-state index contributed by atoms with van der Waals surface area (Å²) in [7, 11) is 0. The molecule has 98 valence electrons. The van der Waals surface area contributed by atoms with Gasteiger partial charge in [-0.2, -0.15) is 0 Å². The number of nitrogens with one attached hydrogen (secondary N) is 1. The van der Waals surface area contributed by atoms with Crippen molar-refractivity contribution in [2.75, 3.05) is 19.6 Å². The molecule has 2 amide bonds. The molecule has 1 saturated heterocycles. The molecule has 0 aromatic carbocycles. The summed E-state index contributed by atoms with van der Waals surface area (Å²) in [6.45, 7) is 5.79. The molecule has 3 N–H and O–H groups in total. The van der Waals surface area contributed by atoms with Gasteiger partial charge in [0.05, 0.1) is 0 Å². The van der Waals surface area contributed by atoms with E-state index in [9.17, 15) is 9.59 Å². The molecule has 1 fully saturated rings. The van der Waals surface area contributed by atoms with Crippen LogP contribution in [0.15, 0.2) is 0 Å². The quantitative estimate of drug-likeness (QED) is 0.716. The number of carbonyl (C=O) groups excluding carboxylic acids is 2. The molecule has 1 rings (SSSR count). The fourth-order valence-electron chi connectivity index (χ4n) is 1.97. The minimum atomic E-state index is -0.425. The van der Waals surface area contributed by atoms with Crippen molar-refractivity contribution in [2.24, 2.45) is 11.7 Å². The van der Waals surface area contributed by atoms with Gasteiger partial charge in [-0.25, -0.2) is 0 Å². The number of hydrogen-bond donors (Lipinski definition) is 2. The minimum absolute atomic E-state index is 0.0243. The Bertz CT molecular complexity index is 275. The van der Waals surface area contributed by atoms with E-state index in [4.69, 9.17) is 5.73 Å². The van der Waals surface area contributed by atoms with Gasteiger partial charge >= 0.3 is 0 Å². The van der Waals surface area contributed by atoms with Gasteiger partial charge in [-0.3, -0.25) is 9.59 Å². The molecule has 1 aliphatic heterocycles. The molecule has 0 saturated carbocycles. The zero-order chi connectivity index (χ0) is 12.8. The number of nitrogens with zero attached hydrogens (tertiary/aromatic N) is 1. The molecule has 2 atom stereocenters. The summed E-state index contributed by atoms with van der Waals surface area (Å²) in [6.07, 6.45) is 2.52. The van der Waals surface area contributed by atoms with Crippen LogP contribution in [0.25, 0.3) is 0 Å². The number of likely N-dealkylation sites (tertiary alicyclic amines) is 1. The first-order valence-corrected chi connectivity index (χ1v) is 6.32. The van der Waals surface area contributed by atoms with E-state index in [1.165, 1.54) is 0 Å².